The predicted octanol–water partition coefficient (Wildman–Crippen LogP) is 3.59. The molecule has 1 aromatic carbocycles. The quantitative estimate of drug-likeness (QED) is 0.584. The second kappa shape index (κ2) is 5.29. The molecule has 0 bridgehead atoms. The topological polar surface area (TPSA) is 67.5 Å². The minimum atomic E-state index is -5.84. The maximum absolute atomic E-state index is 10.7. The van der Waals surface area contributed by atoms with Crippen LogP contribution in [-0.4, -0.2) is 18.5 Å². The lowest BCUT2D eigenvalue weighted by molar-refractivity contribution is -0.0510. The van der Waals surface area contributed by atoms with Gasteiger partial charge >= 0.3 is 15.6 Å². The molecule has 18 heavy (non-hydrogen) atoms. The van der Waals surface area contributed by atoms with Gasteiger partial charge in [-0.15, -0.1) is 0 Å². The Kier molecular flexibility index (Phi) is 4.41. The van der Waals surface area contributed by atoms with Gasteiger partial charge in [0, 0.05) is 9.86 Å². The summed E-state index contributed by atoms with van der Waals surface area (Å²) in [7, 11) is -5.84. The molecule has 0 saturated heterocycles. The van der Waals surface area contributed by atoms with Gasteiger partial charge < -0.3 is 4.42 Å². The summed E-state index contributed by atoms with van der Waals surface area (Å²) in [4.78, 5) is 0. The van der Waals surface area contributed by atoms with E-state index in [9.17, 15) is 13.2 Å². The predicted molar refractivity (Wildman–Crippen MR) is 61.5 cm³/mol. The van der Waals surface area contributed by atoms with Crippen molar-refractivity contribution in [3.63, 3.8) is 0 Å². The molecule has 1 N–H and O–H groups in total. The summed E-state index contributed by atoms with van der Waals surface area (Å²) in [5, 5.41) is 1.13. The van der Waals surface area contributed by atoms with Gasteiger partial charge in [-0.2, -0.15) is 21.6 Å². The molecule has 1 aromatic heterocycles. The van der Waals surface area contributed by atoms with Crippen molar-refractivity contribution in [1.82, 2.24) is 0 Å². The molecule has 0 aliphatic carbocycles. The summed E-state index contributed by atoms with van der Waals surface area (Å²) in [6.07, 6.45) is 1.69. The SMILES string of the molecule is Brc1ccc2occc2c1.O=S(=O)(O)C(F)(F)F. The smallest absolute Gasteiger partial charge is 0.464 e. The molecule has 2 aromatic rings. The van der Waals surface area contributed by atoms with Crippen molar-refractivity contribution in [2.45, 2.75) is 5.51 Å². The van der Waals surface area contributed by atoms with Gasteiger partial charge in [-0.05, 0) is 24.3 Å². The van der Waals surface area contributed by atoms with E-state index in [1.54, 1.807) is 6.26 Å². The van der Waals surface area contributed by atoms with Gasteiger partial charge in [-0.3, -0.25) is 4.55 Å². The summed E-state index contributed by atoms with van der Waals surface area (Å²) in [5.74, 6) is 0. The fraction of sp³-hybridized carbons (Fsp3) is 0.111. The maximum atomic E-state index is 10.7. The third kappa shape index (κ3) is 4.00. The van der Waals surface area contributed by atoms with Crippen LogP contribution in [0.4, 0.5) is 13.2 Å². The van der Waals surface area contributed by atoms with E-state index in [0.29, 0.717) is 0 Å². The van der Waals surface area contributed by atoms with Crippen molar-refractivity contribution in [3.8, 4) is 0 Å². The Morgan fingerprint density at radius 3 is 2.28 bits per heavy atom. The second-order valence-corrected chi connectivity index (χ2v) is 5.35. The van der Waals surface area contributed by atoms with Crippen LogP contribution in [0.5, 0.6) is 0 Å². The number of hydrogen-bond donors (Lipinski definition) is 1. The minimum Gasteiger partial charge on any atom is -0.464 e. The van der Waals surface area contributed by atoms with Crippen molar-refractivity contribution >= 4 is 37.0 Å². The monoisotopic (exact) mass is 346 g/mol. The van der Waals surface area contributed by atoms with Crippen LogP contribution in [0.1, 0.15) is 0 Å². The standard InChI is InChI=1S/C8H5BrO.CHF3O3S/c9-7-1-2-8-6(5-7)3-4-10-8;2-1(3,4)8(5,6)7/h1-5H;(H,5,6,7). The van der Waals surface area contributed by atoms with Crippen molar-refractivity contribution in [2.24, 2.45) is 0 Å². The molecule has 0 aliphatic rings. The van der Waals surface area contributed by atoms with Crippen LogP contribution in [0.3, 0.4) is 0 Å². The molecule has 0 atom stereocenters. The summed E-state index contributed by atoms with van der Waals surface area (Å²) in [6, 6.07) is 7.88. The van der Waals surface area contributed by atoms with Crippen LogP contribution >= 0.6 is 15.9 Å². The zero-order valence-electron chi connectivity index (χ0n) is 8.48. The first kappa shape index (κ1) is 15.0. The molecule has 0 fully saturated rings. The highest BCUT2D eigenvalue weighted by Gasteiger charge is 2.44. The third-order valence-corrected chi connectivity index (χ3v) is 2.79. The Balaban J connectivity index is 0.000000187. The molecule has 4 nitrogen and oxygen atoms in total. The van der Waals surface area contributed by atoms with Crippen LogP contribution in [0.2, 0.25) is 0 Å². The lowest BCUT2D eigenvalue weighted by Gasteiger charge is -1.97. The van der Waals surface area contributed by atoms with E-state index in [2.05, 4.69) is 15.9 Å². The normalized spacial score (nSPS) is 12.1. The van der Waals surface area contributed by atoms with Crippen molar-refractivity contribution < 1.29 is 30.6 Å². The minimum absolute atomic E-state index is 0.934. The van der Waals surface area contributed by atoms with E-state index in [0.717, 1.165) is 15.4 Å². The lowest BCUT2D eigenvalue weighted by atomic mass is 10.3. The van der Waals surface area contributed by atoms with E-state index in [1.807, 2.05) is 24.3 Å². The summed E-state index contributed by atoms with van der Waals surface area (Å²) in [5.41, 5.74) is -4.60. The van der Waals surface area contributed by atoms with E-state index >= 15 is 0 Å². The Morgan fingerprint density at radius 1 is 1.22 bits per heavy atom. The second-order valence-electron chi connectivity index (χ2n) is 3.02. The zero-order valence-corrected chi connectivity index (χ0v) is 10.9. The van der Waals surface area contributed by atoms with E-state index in [1.165, 1.54) is 0 Å². The highest BCUT2D eigenvalue weighted by Crippen LogP contribution is 2.20. The first-order valence-electron chi connectivity index (χ1n) is 4.28. The Labute approximate surface area is 108 Å². The fourth-order valence-corrected chi connectivity index (χ4v) is 1.32. The van der Waals surface area contributed by atoms with E-state index < -0.39 is 15.6 Å². The van der Waals surface area contributed by atoms with Gasteiger partial charge in [0.15, 0.2) is 0 Å². The molecule has 0 amide bonds. The number of benzene rings is 1. The molecule has 0 unspecified atom stereocenters. The molecule has 9 heteroatoms. The molecule has 0 spiro atoms. The van der Waals surface area contributed by atoms with Crippen molar-refractivity contribution in [1.29, 1.82) is 0 Å². The Hall–Kier alpha value is -1.06. The van der Waals surface area contributed by atoms with E-state index in [4.69, 9.17) is 17.4 Å². The number of furan rings is 1. The van der Waals surface area contributed by atoms with Crippen LogP contribution in [-0.2, 0) is 10.1 Å². The van der Waals surface area contributed by atoms with Crippen LogP contribution in [0.25, 0.3) is 11.0 Å². The lowest BCUT2D eigenvalue weighted by Crippen LogP contribution is -2.21. The number of rotatable bonds is 0. The molecular weight excluding hydrogens is 341 g/mol. The highest BCUT2D eigenvalue weighted by atomic mass is 79.9. The number of fused-ring (bicyclic) bond motifs is 1. The fourth-order valence-electron chi connectivity index (χ4n) is 0.938. The largest absolute Gasteiger partial charge is 0.522 e. The molecule has 0 saturated carbocycles. The van der Waals surface area contributed by atoms with Gasteiger partial charge in [0.25, 0.3) is 0 Å². The number of hydrogen-bond acceptors (Lipinski definition) is 3. The average molecular weight is 347 g/mol. The molecule has 1 heterocycles. The molecular formula is C9H6BrF3O4S. The maximum Gasteiger partial charge on any atom is 0.522 e. The van der Waals surface area contributed by atoms with Crippen LogP contribution in [0.15, 0.2) is 39.4 Å². The molecule has 0 radical (unpaired) electrons. The highest BCUT2D eigenvalue weighted by molar-refractivity contribution is 9.10. The average Bonchev–Trinajstić information content (AvgIpc) is 2.62. The number of alkyl halides is 3. The number of halogens is 4. The summed E-state index contributed by atoms with van der Waals surface area (Å²) >= 11 is 3.38. The van der Waals surface area contributed by atoms with Crippen LogP contribution in [0, 0.1) is 0 Å². The summed E-state index contributed by atoms with van der Waals surface area (Å²) in [6.45, 7) is 0. The third-order valence-electron chi connectivity index (χ3n) is 1.71. The Bertz CT molecular complexity index is 633. The summed E-state index contributed by atoms with van der Waals surface area (Å²) < 4.78 is 63.8. The zero-order chi connectivity index (χ0) is 14.0. The van der Waals surface area contributed by atoms with Gasteiger partial charge in [-0.1, -0.05) is 15.9 Å². The van der Waals surface area contributed by atoms with Gasteiger partial charge in [0.2, 0.25) is 0 Å². The van der Waals surface area contributed by atoms with Crippen LogP contribution < -0.4 is 0 Å². The van der Waals surface area contributed by atoms with Crippen molar-refractivity contribution in [3.05, 3.63) is 35.0 Å². The Morgan fingerprint density at radius 2 is 1.78 bits per heavy atom. The van der Waals surface area contributed by atoms with Gasteiger partial charge in [-0.25, -0.2) is 0 Å². The van der Waals surface area contributed by atoms with E-state index in [-0.39, 0.29) is 0 Å². The first-order valence-corrected chi connectivity index (χ1v) is 6.51. The molecule has 0 aliphatic heterocycles. The molecule has 2 rings (SSSR count). The molecule has 100 valence electrons. The van der Waals surface area contributed by atoms with Gasteiger partial charge in [0.1, 0.15) is 5.58 Å². The van der Waals surface area contributed by atoms with Gasteiger partial charge in [0.05, 0.1) is 6.26 Å². The van der Waals surface area contributed by atoms with Crippen molar-refractivity contribution in [2.75, 3.05) is 0 Å². The first-order chi connectivity index (χ1) is 8.11.